The van der Waals surface area contributed by atoms with E-state index in [1.165, 1.54) is 32.1 Å². The van der Waals surface area contributed by atoms with Crippen molar-refractivity contribution in [3.8, 4) is 0 Å². The number of rotatable bonds is 9. The van der Waals surface area contributed by atoms with Crippen molar-refractivity contribution in [1.29, 1.82) is 0 Å². The van der Waals surface area contributed by atoms with E-state index in [4.69, 9.17) is 11.6 Å². The second-order valence-electron chi connectivity index (χ2n) is 5.25. The smallest absolute Gasteiger partial charge is 0.224 e. The van der Waals surface area contributed by atoms with Crippen molar-refractivity contribution in [1.82, 2.24) is 4.98 Å². The summed E-state index contributed by atoms with van der Waals surface area (Å²) < 4.78 is 0. The van der Waals surface area contributed by atoms with Crippen molar-refractivity contribution >= 4 is 23.2 Å². The van der Waals surface area contributed by atoms with Crippen molar-refractivity contribution < 1.29 is 4.79 Å². The zero-order valence-corrected chi connectivity index (χ0v) is 13.3. The van der Waals surface area contributed by atoms with Crippen LogP contribution in [0.4, 0.5) is 5.69 Å². The minimum Gasteiger partial charge on any atom is -0.325 e. The summed E-state index contributed by atoms with van der Waals surface area (Å²) in [4.78, 5) is 15.8. The first kappa shape index (κ1) is 17.0. The topological polar surface area (TPSA) is 42.0 Å². The van der Waals surface area contributed by atoms with Gasteiger partial charge in [-0.05, 0) is 25.0 Å². The van der Waals surface area contributed by atoms with E-state index in [1.54, 1.807) is 6.20 Å². The number of unbranched alkanes of at least 4 members (excludes halogenated alkanes) is 6. The molecule has 0 aromatic carbocycles. The lowest BCUT2D eigenvalue weighted by molar-refractivity contribution is -0.116. The SMILES string of the molecule is CCCCCCCCCC(=O)Nc1cnc(Cl)c(C)c1. The standard InChI is InChI=1S/C16H25ClN2O/c1-3-4-5-6-7-8-9-10-15(20)19-14-11-13(2)16(17)18-12-14/h11-12H,3-10H2,1-2H3,(H,19,20). The maximum absolute atomic E-state index is 11.8. The number of carbonyl (C=O) groups excluding carboxylic acids is 1. The maximum atomic E-state index is 11.8. The predicted molar refractivity (Wildman–Crippen MR) is 85.2 cm³/mol. The third kappa shape index (κ3) is 6.90. The molecule has 1 aromatic rings. The van der Waals surface area contributed by atoms with Gasteiger partial charge >= 0.3 is 0 Å². The monoisotopic (exact) mass is 296 g/mol. The molecule has 0 saturated carbocycles. The molecule has 1 N–H and O–H groups in total. The first-order valence-corrected chi connectivity index (χ1v) is 7.93. The Morgan fingerprint density at radius 2 is 1.85 bits per heavy atom. The van der Waals surface area contributed by atoms with Crippen molar-refractivity contribution in [2.24, 2.45) is 0 Å². The average Bonchev–Trinajstić information content (AvgIpc) is 2.42. The van der Waals surface area contributed by atoms with E-state index in [0.717, 1.165) is 24.1 Å². The van der Waals surface area contributed by atoms with Crippen LogP contribution in [0.5, 0.6) is 0 Å². The normalized spacial score (nSPS) is 10.6. The Balaban J connectivity index is 2.15. The summed E-state index contributed by atoms with van der Waals surface area (Å²) in [5.74, 6) is 0.0575. The van der Waals surface area contributed by atoms with Gasteiger partial charge in [-0.2, -0.15) is 0 Å². The number of hydrogen-bond acceptors (Lipinski definition) is 2. The zero-order valence-electron chi connectivity index (χ0n) is 12.5. The molecule has 0 spiro atoms. The molecule has 1 heterocycles. The summed E-state index contributed by atoms with van der Waals surface area (Å²) in [5, 5.41) is 3.34. The minimum atomic E-state index is 0.0575. The number of hydrogen-bond donors (Lipinski definition) is 1. The van der Waals surface area contributed by atoms with Crippen LogP contribution in [-0.4, -0.2) is 10.9 Å². The van der Waals surface area contributed by atoms with E-state index in [0.29, 0.717) is 11.6 Å². The molecule has 1 aromatic heterocycles. The lowest BCUT2D eigenvalue weighted by atomic mass is 10.1. The molecule has 112 valence electrons. The molecule has 0 unspecified atom stereocenters. The van der Waals surface area contributed by atoms with Gasteiger partial charge in [0.1, 0.15) is 5.15 Å². The van der Waals surface area contributed by atoms with Crippen LogP contribution in [0.15, 0.2) is 12.3 Å². The molecule has 1 amide bonds. The van der Waals surface area contributed by atoms with Gasteiger partial charge in [-0.15, -0.1) is 0 Å². The van der Waals surface area contributed by atoms with Crippen molar-refractivity contribution in [2.45, 2.75) is 65.2 Å². The van der Waals surface area contributed by atoms with Gasteiger partial charge in [0.25, 0.3) is 0 Å². The van der Waals surface area contributed by atoms with E-state index < -0.39 is 0 Å². The molecule has 0 bridgehead atoms. The van der Waals surface area contributed by atoms with Gasteiger partial charge in [0, 0.05) is 6.42 Å². The Morgan fingerprint density at radius 1 is 1.20 bits per heavy atom. The van der Waals surface area contributed by atoms with Crippen molar-refractivity contribution in [3.05, 3.63) is 23.0 Å². The maximum Gasteiger partial charge on any atom is 0.224 e. The third-order valence-electron chi connectivity index (χ3n) is 3.31. The van der Waals surface area contributed by atoms with Gasteiger partial charge in [-0.3, -0.25) is 4.79 Å². The highest BCUT2D eigenvalue weighted by molar-refractivity contribution is 6.30. The van der Waals surface area contributed by atoms with Crippen LogP contribution in [-0.2, 0) is 4.79 Å². The van der Waals surface area contributed by atoms with E-state index in [9.17, 15) is 4.79 Å². The number of nitrogens with zero attached hydrogens (tertiary/aromatic N) is 1. The highest BCUT2D eigenvalue weighted by Gasteiger charge is 2.04. The summed E-state index contributed by atoms with van der Waals surface area (Å²) in [5.41, 5.74) is 1.60. The molecule has 0 atom stereocenters. The highest BCUT2D eigenvalue weighted by atomic mass is 35.5. The third-order valence-corrected chi connectivity index (χ3v) is 3.70. The minimum absolute atomic E-state index is 0.0575. The Labute approximate surface area is 127 Å². The largest absolute Gasteiger partial charge is 0.325 e. The molecule has 0 aliphatic carbocycles. The number of aryl methyl sites for hydroxylation is 1. The number of nitrogens with one attached hydrogen (secondary N) is 1. The summed E-state index contributed by atoms with van der Waals surface area (Å²) in [7, 11) is 0. The zero-order chi connectivity index (χ0) is 14.8. The van der Waals surface area contributed by atoms with Crippen LogP contribution in [0.2, 0.25) is 5.15 Å². The molecule has 0 aliphatic rings. The van der Waals surface area contributed by atoms with E-state index >= 15 is 0 Å². The summed E-state index contributed by atoms with van der Waals surface area (Å²) in [6.45, 7) is 4.10. The summed E-state index contributed by atoms with van der Waals surface area (Å²) in [6, 6.07) is 1.85. The molecule has 0 radical (unpaired) electrons. The van der Waals surface area contributed by atoms with Crippen molar-refractivity contribution in [2.75, 3.05) is 5.32 Å². The summed E-state index contributed by atoms with van der Waals surface area (Å²) in [6.07, 6.45) is 10.7. The Bertz CT molecular complexity index is 421. The molecule has 4 heteroatoms. The van der Waals surface area contributed by atoms with Gasteiger partial charge in [0.05, 0.1) is 11.9 Å². The number of pyridine rings is 1. The average molecular weight is 297 g/mol. The van der Waals surface area contributed by atoms with Crippen LogP contribution in [0, 0.1) is 6.92 Å². The van der Waals surface area contributed by atoms with Crippen LogP contribution >= 0.6 is 11.6 Å². The van der Waals surface area contributed by atoms with Crippen LogP contribution in [0.3, 0.4) is 0 Å². The Morgan fingerprint density at radius 3 is 2.50 bits per heavy atom. The molecule has 0 saturated heterocycles. The van der Waals surface area contributed by atoms with E-state index in [1.807, 2.05) is 13.0 Å². The fourth-order valence-electron chi connectivity index (χ4n) is 2.09. The fourth-order valence-corrected chi connectivity index (χ4v) is 2.20. The van der Waals surface area contributed by atoms with Gasteiger partial charge in [-0.25, -0.2) is 4.98 Å². The molecule has 1 rings (SSSR count). The second kappa shape index (κ2) is 9.76. The molecule has 3 nitrogen and oxygen atoms in total. The molecule has 0 fully saturated rings. The highest BCUT2D eigenvalue weighted by Crippen LogP contribution is 2.16. The van der Waals surface area contributed by atoms with Crippen LogP contribution in [0.25, 0.3) is 0 Å². The van der Waals surface area contributed by atoms with E-state index in [-0.39, 0.29) is 5.91 Å². The van der Waals surface area contributed by atoms with Gasteiger partial charge in [0.15, 0.2) is 0 Å². The number of halogens is 1. The fraction of sp³-hybridized carbons (Fsp3) is 0.625. The molecule has 20 heavy (non-hydrogen) atoms. The lowest BCUT2D eigenvalue weighted by Crippen LogP contribution is -2.11. The number of amides is 1. The van der Waals surface area contributed by atoms with Crippen LogP contribution in [0.1, 0.15) is 63.9 Å². The van der Waals surface area contributed by atoms with Gasteiger partial charge in [0.2, 0.25) is 5.91 Å². The van der Waals surface area contributed by atoms with Gasteiger partial charge < -0.3 is 5.32 Å². The molecular weight excluding hydrogens is 272 g/mol. The first-order valence-electron chi connectivity index (χ1n) is 7.55. The number of aromatic nitrogens is 1. The predicted octanol–water partition coefficient (Wildman–Crippen LogP) is 5.12. The quantitative estimate of drug-likeness (QED) is 0.507. The number of carbonyl (C=O) groups is 1. The lowest BCUT2D eigenvalue weighted by Gasteiger charge is -2.06. The summed E-state index contributed by atoms with van der Waals surface area (Å²) >= 11 is 5.85. The molecule has 0 aliphatic heterocycles. The molecular formula is C16H25ClN2O. The Kier molecular flexibility index (Phi) is 8.28. The van der Waals surface area contributed by atoms with Gasteiger partial charge in [-0.1, -0.05) is 57.0 Å². The second-order valence-corrected chi connectivity index (χ2v) is 5.61. The number of anilines is 1. The first-order chi connectivity index (χ1) is 9.63. The van der Waals surface area contributed by atoms with Crippen LogP contribution < -0.4 is 5.32 Å². The Hall–Kier alpha value is -1.09. The van der Waals surface area contributed by atoms with Crippen molar-refractivity contribution in [3.63, 3.8) is 0 Å². The van der Waals surface area contributed by atoms with E-state index in [2.05, 4.69) is 17.2 Å².